The zero-order valence-corrected chi connectivity index (χ0v) is 22.1. The summed E-state index contributed by atoms with van der Waals surface area (Å²) < 4.78 is 26.3. The van der Waals surface area contributed by atoms with Crippen LogP contribution in [0.1, 0.15) is 41.4 Å². The molecule has 0 fully saturated rings. The number of nitrogens with one attached hydrogen (secondary N) is 2. The highest BCUT2D eigenvalue weighted by Gasteiger charge is 2.43. The predicted octanol–water partition coefficient (Wildman–Crippen LogP) is 5.40. The number of aromatic nitrogens is 1. The number of H-pyrrole nitrogens is 1. The Morgan fingerprint density at radius 1 is 1.14 bits per heavy atom. The van der Waals surface area contributed by atoms with E-state index in [1.807, 2.05) is 36.5 Å². The van der Waals surface area contributed by atoms with Crippen LogP contribution < -0.4 is 5.32 Å². The van der Waals surface area contributed by atoms with Crippen molar-refractivity contribution >= 4 is 45.2 Å². The molecule has 2 N–H and O–H groups in total. The van der Waals surface area contributed by atoms with Gasteiger partial charge in [0, 0.05) is 52.2 Å². The number of benzene rings is 2. The molecular weight excluding hydrogens is 574 g/mol. The van der Waals surface area contributed by atoms with Crippen molar-refractivity contribution in [2.24, 2.45) is 0 Å². The number of carbonyl (C=O) groups excluding carboxylic acids is 2. The van der Waals surface area contributed by atoms with E-state index in [1.165, 1.54) is 13.2 Å². The topological polar surface area (TPSA) is 80.4 Å². The van der Waals surface area contributed by atoms with E-state index < -0.39 is 11.9 Å². The number of hydrogen-bond acceptors (Lipinski definition) is 5. The SMILES string of the molecule is COCC1=C(C(=O)OC)C(c2cccc3[nH]ccc23)C2=C(C[C@@H](c3c(F)cccc3CI)CC2=O)N1. The van der Waals surface area contributed by atoms with Gasteiger partial charge in [-0.25, -0.2) is 9.18 Å². The molecule has 3 aromatic rings. The molecule has 6 nitrogen and oxygen atoms in total. The number of halogens is 2. The third-order valence-corrected chi connectivity index (χ3v) is 7.86. The van der Waals surface area contributed by atoms with Crippen LogP contribution in [-0.4, -0.2) is 37.6 Å². The summed E-state index contributed by atoms with van der Waals surface area (Å²) in [5.41, 5.74) is 5.38. The Kier molecular flexibility index (Phi) is 6.98. The molecule has 186 valence electrons. The minimum Gasteiger partial charge on any atom is -0.466 e. The van der Waals surface area contributed by atoms with Gasteiger partial charge in [0.05, 0.1) is 25.0 Å². The highest BCUT2D eigenvalue weighted by molar-refractivity contribution is 14.1. The van der Waals surface area contributed by atoms with Crippen LogP contribution in [0, 0.1) is 5.82 Å². The van der Waals surface area contributed by atoms with E-state index in [-0.39, 0.29) is 30.5 Å². The molecular formula is C28H26FIN2O4. The maximum atomic E-state index is 15.0. The molecule has 36 heavy (non-hydrogen) atoms. The number of esters is 1. The Balaban J connectivity index is 1.70. The Labute approximate surface area is 222 Å². The third kappa shape index (κ3) is 4.16. The third-order valence-electron chi connectivity index (χ3n) is 7.04. The van der Waals surface area contributed by atoms with Crippen molar-refractivity contribution in [3.8, 4) is 0 Å². The average Bonchev–Trinajstić information content (AvgIpc) is 3.36. The number of aromatic amines is 1. The molecule has 1 aliphatic heterocycles. The molecule has 0 amide bonds. The molecule has 1 aromatic heterocycles. The number of alkyl halides is 1. The van der Waals surface area contributed by atoms with Gasteiger partial charge in [-0.05, 0) is 47.2 Å². The molecule has 0 radical (unpaired) electrons. The van der Waals surface area contributed by atoms with Gasteiger partial charge in [-0.2, -0.15) is 0 Å². The number of methoxy groups -OCH3 is 2. The fraction of sp³-hybridized carbons (Fsp3) is 0.286. The summed E-state index contributed by atoms with van der Waals surface area (Å²) in [6, 6.07) is 12.8. The van der Waals surface area contributed by atoms with Gasteiger partial charge < -0.3 is 19.8 Å². The van der Waals surface area contributed by atoms with Gasteiger partial charge in [-0.15, -0.1) is 0 Å². The van der Waals surface area contributed by atoms with Crippen molar-refractivity contribution in [3.63, 3.8) is 0 Å². The van der Waals surface area contributed by atoms with Crippen LogP contribution in [-0.2, 0) is 23.5 Å². The number of dihydropyridines is 1. The highest BCUT2D eigenvalue weighted by atomic mass is 127. The summed E-state index contributed by atoms with van der Waals surface area (Å²) in [6.07, 6.45) is 2.45. The first-order valence-electron chi connectivity index (χ1n) is 11.7. The van der Waals surface area contributed by atoms with Gasteiger partial charge in [0.1, 0.15) is 5.82 Å². The average molecular weight is 600 g/mol. The smallest absolute Gasteiger partial charge is 0.336 e. The molecule has 0 spiro atoms. The molecule has 2 aliphatic rings. The zero-order valence-electron chi connectivity index (χ0n) is 20.0. The standard InChI is InChI=1S/C28H26FIN2O4/c1-35-14-22-27(28(34)36-2)25(18-6-4-8-20-17(18)9-10-31-20)26-21(32-22)11-16(12-23(26)33)24-15(13-30)5-3-7-19(24)29/h3-10,16,25,31-32H,11-14H2,1-2H3/t16-,25?/m1/s1. The fourth-order valence-corrected chi connectivity index (χ4v) is 6.26. The molecule has 2 aromatic carbocycles. The molecule has 1 aliphatic carbocycles. The predicted molar refractivity (Wildman–Crippen MR) is 143 cm³/mol. The molecule has 2 heterocycles. The van der Waals surface area contributed by atoms with Crippen LogP contribution in [0.25, 0.3) is 10.9 Å². The lowest BCUT2D eigenvalue weighted by Crippen LogP contribution is -2.38. The van der Waals surface area contributed by atoms with Crippen LogP contribution in [0.15, 0.2) is 71.2 Å². The Morgan fingerprint density at radius 2 is 1.94 bits per heavy atom. The number of allylic oxidation sites excluding steroid dienone is 2. The second-order valence-electron chi connectivity index (χ2n) is 9.03. The van der Waals surface area contributed by atoms with Crippen molar-refractivity contribution in [1.82, 2.24) is 10.3 Å². The molecule has 8 heteroatoms. The van der Waals surface area contributed by atoms with Gasteiger partial charge in [-0.1, -0.05) is 46.9 Å². The first kappa shape index (κ1) is 24.7. The summed E-state index contributed by atoms with van der Waals surface area (Å²) in [5.74, 6) is -1.85. The van der Waals surface area contributed by atoms with Crippen LogP contribution in [0.5, 0.6) is 0 Å². The second kappa shape index (κ2) is 10.2. The zero-order chi connectivity index (χ0) is 25.4. The first-order valence-corrected chi connectivity index (χ1v) is 13.2. The number of ether oxygens (including phenoxy) is 2. The van der Waals surface area contributed by atoms with Gasteiger partial charge in [0.25, 0.3) is 0 Å². The number of hydrogen-bond donors (Lipinski definition) is 2. The lowest BCUT2D eigenvalue weighted by molar-refractivity contribution is -0.136. The van der Waals surface area contributed by atoms with Crippen molar-refractivity contribution < 1.29 is 23.5 Å². The Bertz CT molecular complexity index is 1420. The number of ketones is 1. The number of rotatable bonds is 6. The van der Waals surface area contributed by atoms with Crippen LogP contribution in [0.4, 0.5) is 4.39 Å². The lowest BCUT2D eigenvalue weighted by Gasteiger charge is -2.37. The molecule has 1 unspecified atom stereocenters. The highest BCUT2D eigenvalue weighted by Crippen LogP contribution is 2.48. The largest absolute Gasteiger partial charge is 0.466 e. The number of carbonyl (C=O) groups is 2. The van der Waals surface area contributed by atoms with Gasteiger partial charge in [0.2, 0.25) is 0 Å². The second-order valence-corrected chi connectivity index (χ2v) is 9.79. The van der Waals surface area contributed by atoms with Crippen molar-refractivity contribution in [3.05, 3.63) is 93.7 Å². The lowest BCUT2D eigenvalue weighted by atomic mass is 9.70. The number of fused-ring (bicyclic) bond motifs is 1. The normalized spacial score (nSPS) is 19.9. The van der Waals surface area contributed by atoms with E-state index in [9.17, 15) is 9.59 Å². The Morgan fingerprint density at radius 3 is 2.69 bits per heavy atom. The summed E-state index contributed by atoms with van der Waals surface area (Å²) in [7, 11) is 2.89. The maximum absolute atomic E-state index is 15.0. The maximum Gasteiger partial charge on any atom is 0.336 e. The van der Waals surface area contributed by atoms with E-state index in [0.717, 1.165) is 22.0 Å². The van der Waals surface area contributed by atoms with E-state index in [2.05, 4.69) is 32.9 Å². The molecule has 5 rings (SSSR count). The quantitative estimate of drug-likeness (QED) is 0.225. The summed E-state index contributed by atoms with van der Waals surface area (Å²) in [4.78, 5) is 30.2. The van der Waals surface area contributed by atoms with Gasteiger partial charge in [0.15, 0.2) is 5.78 Å². The fourth-order valence-electron chi connectivity index (χ4n) is 5.59. The van der Waals surface area contributed by atoms with E-state index in [1.54, 1.807) is 13.2 Å². The minimum absolute atomic E-state index is 0.105. The van der Waals surface area contributed by atoms with Crippen molar-refractivity contribution in [2.75, 3.05) is 20.8 Å². The number of Topliss-reactive ketones (excluding diaryl/α,β-unsaturated/α-hetero) is 1. The van der Waals surface area contributed by atoms with E-state index >= 15 is 4.39 Å². The van der Waals surface area contributed by atoms with Crippen molar-refractivity contribution in [2.45, 2.75) is 29.1 Å². The molecule has 0 saturated carbocycles. The minimum atomic E-state index is -0.628. The summed E-state index contributed by atoms with van der Waals surface area (Å²) in [5, 5.41) is 4.25. The Hall–Kier alpha value is -2.98. The molecule has 0 bridgehead atoms. The van der Waals surface area contributed by atoms with Gasteiger partial charge >= 0.3 is 5.97 Å². The monoisotopic (exact) mass is 600 g/mol. The van der Waals surface area contributed by atoms with Crippen molar-refractivity contribution in [1.29, 1.82) is 0 Å². The van der Waals surface area contributed by atoms with Crippen LogP contribution >= 0.6 is 22.6 Å². The first-order chi connectivity index (χ1) is 17.5. The van der Waals surface area contributed by atoms with Crippen LogP contribution in [0.2, 0.25) is 0 Å². The van der Waals surface area contributed by atoms with Crippen LogP contribution in [0.3, 0.4) is 0 Å². The van der Waals surface area contributed by atoms with E-state index in [0.29, 0.717) is 39.0 Å². The molecule has 2 atom stereocenters. The summed E-state index contributed by atoms with van der Waals surface area (Å²) >= 11 is 2.22. The van der Waals surface area contributed by atoms with Gasteiger partial charge in [-0.3, -0.25) is 4.79 Å². The molecule has 0 saturated heterocycles. The summed E-state index contributed by atoms with van der Waals surface area (Å²) in [6.45, 7) is 0.137. The van der Waals surface area contributed by atoms with E-state index in [4.69, 9.17) is 9.47 Å².